The second-order valence-electron chi connectivity index (χ2n) is 12.4. The van der Waals surface area contributed by atoms with Crippen molar-refractivity contribution in [3.8, 4) is 28.0 Å². The number of hydrogen-bond donors (Lipinski definition) is 1. The third kappa shape index (κ3) is 5.94. The molecule has 0 atom stereocenters. The second kappa shape index (κ2) is 12.9. The highest BCUT2D eigenvalue weighted by Gasteiger charge is 2.15. The fourth-order valence-corrected chi connectivity index (χ4v) is 7.95. The number of aryl methyl sites for hydroxylation is 4. The number of thioether (sulfide) groups is 1. The van der Waals surface area contributed by atoms with Crippen molar-refractivity contribution in [2.24, 2.45) is 0 Å². The molecule has 0 aliphatic rings. The monoisotopic (exact) mass is 614 g/mol. The van der Waals surface area contributed by atoms with E-state index in [9.17, 15) is 5.11 Å². The fraction of sp³-hybridized carbons (Fsp3) is 0.136. The van der Waals surface area contributed by atoms with Crippen LogP contribution in [0.5, 0.6) is 5.75 Å². The van der Waals surface area contributed by atoms with Crippen molar-refractivity contribution < 1.29 is 5.11 Å². The lowest BCUT2D eigenvalue weighted by molar-refractivity contribution is 0.470. The molecule has 2 heteroatoms. The number of aromatic hydroxyl groups is 1. The zero-order valence-corrected chi connectivity index (χ0v) is 27.5. The second-order valence-corrected chi connectivity index (χ2v) is 13.4. The average molecular weight is 615 g/mol. The zero-order chi connectivity index (χ0) is 31.6. The Hall–Kier alpha value is -4.79. The molecule has 0 aromatic heterocycles. The van der Waals surface area contributed by atoms with E-state index in [1.165, 1.54) is 54.4 Å². The number of phenolic OH excluding ortho intramolecular Hbond substituents is 1. The van der Waals surface area contributed by atoms with E-state index in [1.807, 2.05) is 11.8 Å². The molecule has 0 saturated heterocycles. The quantitative estimate of drug-likeness (QED) is 0.172. The van der Waals surface area contributed by atoms with Gasteiger partial charge in [0.15, 0.2) is 0 Å². The highest BCUT2D eigenvalue weighted by Crippen LogP contribution is 2.39. The summed E-state index contributed by atoms with van der Waals surface area (Å²) in [5, 5.41) is 16.5. The molecule has 7 aromatic carbocycles. The van der Waals surface area contributed by atoms with Gasteiger partial charge >= 0.3 is 0 Å². The summed E-state index contributed by atoms with van der Waals surface area (Å²) in [5.74, 6) is 1.30. The van der Waals surface area contributed by atoms with Gasteiger partial charge in [-0.25, -0.2) is 0 Å². The van der Waals surface area contributed by atoms with Gasteiger partial charge in [-0.15, -0.1) is 11.8 Å². The molecule has 7 aromatic rings. The summed E-state index contributed by atoms with van der Waals surface area (Å²) in [6.45, 7) is 6.60. The Bertz CT molecular complexity index is 2040. The largest absolute Gasteiger partial charge is 0.507 e. The van der Waals surface area contributed by atoms with Crippen LogP contribution < -0.4 is 0 Å². The molecule has 0 spiro atoms. The van der Waals surface area contributed by atoms with E-state index in [1.54, 1.807) is 0 Å². The lowest BCUT2D eigenvalue weighted by Gasteiger charge is -2.17. The molecule has 0 heterocycles. The molecular weight excluding hydrogens is 577 g/mol. The maximum atomic E-state index is 11.6. The van der Waals surface area contributed by atoms with E-state index in [-0.39, 0.29) is 0 Å². The van der Waals surface area contributed by atoms with E-state index < -0.39 is 0 Å². The normalized spacial score (nSPS) is 11.4. The van der Waals surface area contributed by atoms with Gasteiger partial charge in [0.05, 0.1) is 0 Å². The van der Waals surface area contributed by atoms with Crippen LogP contribution >= 0.6 is 11.8 Å². The number of phenols is 1. The van der Waals surface area contributed by atoms with Crippen LogP contribution in [-0.4, -0.2) is 5.11 Å². The topological polar surface area (TPSA) is 20.2 Å². The molecule has 46 heavy (non-hydrogen) atoms. The van der Waals surface area contributed by atoms with E-state index >= 15 is 0 Å². The smallest absolute Gasteiger partial charge is 0.126 e. The lowest BCUT2D eigenvalue weighted by Crippen LogP contribution is -1.97. The van der Waals surface area contributed by atoms with Crippen molar-refractivity contribution in [3.05, 3.63) is 167 Å². The van der Waals surface area contributed by atoms with Gasteiger partial charge in [-0.3, -0.25) is 0 Å². The van der Waals surface area contributed by atoms with Gasteiger partial charge < -0.3 is 5.11 Å². The Labute approximate surface area is 276 Å². The molecule has 0 radical (unpaired) electrons. The van der Waals surface area contributed by atoms with Gasteiger partial charge in [0.25, 0.3) is 0 Å². The van der Waals surface area contributed by atoms with Gasteiger partial charge in [0.1, 0.15) is 5.75 Å². The molecule has 0 aliphatic carbocycles. The van der Waals surface area contributed by atoms with Crippen molar-refractivity contribution in [2.45, 2.75) is 44.3 Å². The molecule has 226 valence electrons. The molecule has 0 bridgehead atoms. The van der Waals surface area contributed by atoms with E-state index in [0.29, 0.717) is 5.75 Å². The van der Waals surface area contributed by atoms with Crippen LogP contribution in [0.3, 0.4) is 0 Å². The standard InChI is InChI=1S/C44H38OS/c1-29-24-35(44(45)42(27-29)40-20-11-16-33-13-5-8-18-38(33)40)23-22-34-14-6-9-21-43(34)46-28-36-25-30(2)26-41(31(36)3)39-19-10-15-32-12-4-7-17-37(32)39/h4-21,24-27,45H,22-23,28H2,1-3H3. The Balaban J connectivity index is 1.14. The van der Waals surface area contributed by atoms with Crippen molar-refractivity contribution >= 4 is 33.3 Å². The minimum atomic E-state index is 0.392. The fourth-order valence-electron chi connectivity index (χ4n) is 6.81. The first kappa shape index (κ1) is 29.9. The molecule has 0 fully saturated rings. The van der Waals surface area contributed by atoms with E-state index in [4.69, 9.17) is 0 Å². The third-order valence-corrected chi connectivity index (χ3v) is 10.3. The zero-order valence-electron chi connectivity index (χ0n) is 26.7. The van der Waals surface area contributed by atoms with Crippen LogP contribution in [0, 0.1) is 20.8 Å². The molecule has 0 aliphatic heterocycles. The number of benzene rings is 7. The summed E-state index contributed by atoms with van der Waals surface area (Å²) in [6.07, 6.45) is 1.64. The van der Waals surface area contributed by atoms with Crippen LogP contribution in [-0.2, 0) is 18.6 Å². The summed E-state index contributed by atoms with van der Waals surface area (Å²) in [5.41, 5.74) is 12.1. The summed E-state index contributed by atoms with van der Waals surface area (Å²) in [7, 11) is 0. The first-order valence-electron chi connectivity index (χ1n) is 16.1. The average Bonchev–Trinajstić information content (AvgIpc) is 3.08. The van der Waals surface area contributed by atoms with Gasteiger partial charge in [-0.2, -0.15) is 0 Å². The first-order chi connectivity index (χ1) is 22.5. The first-order valence-corrected chi connectivity index (χ1v) is 17.0. The van der Waals surface area contributed by atoms with Crippen LogP contribution in [0.2, 0.25) is 0 Å². The number of hydrogen-bond acceptors (Lipinski definition) is 2. The summed E-state index contributed by atoms with van der Waals surface area (Å²) < 4.78 is 0. The SMILES string of the molecule is Cc1cc(CSc2ccccc2CCc2cc(C)cc(-c3cccc4ccccc34)c2O)c(C)c(-c2cccc3ccccc23)c1. The van der Waals surface area contributed by atoms with E-state index in [2.05, 4.69) is 154 Å². The van der Waals surface area contributed by atoms with Crippen molar-refractivity contribution in [1.29, 1.82) is 0 Å². The van der Waals surface area contributed by atoms with Crippen LogP contribution in [0.15, 0.2) is 138 Å². The predicted molar refractivity (Wildman–Crippen MR) is 198 cm³/mol. The molecule has 0 amide bonds. The molecule has 0 unspecified atom stereocenters. The Morgan fingerprint density at radius 2 is 1.00 bits per heavy atom. The van der Waals surface area contributed by atoms with Crippen molar-refractivity contribution in [1.82, 2.24) is 0 Å². The van der Waals surface area contributed by atoms with Crippen LogP contribution in [0.1, 0.15) is 33.4 Å². The molecule has 1 N–H and O–H groups in total. The Morgan fingerprint density at radius 3 is 1.70 bits per heavy atom. The maximum Gasteiger partial charge on any atom is 0.126 e. The predicted octanol–water partition coefficient (Wildman–Crippen LogP) is 12.0. The number of fused-ring (bicyclic) bond motifs is 2. The molecule has 7 rings (SSSR count). The Kier molecular flexibility index (Phi) is 8.39. The van der Waals surface area contributed by atoms with Gasteiger partial charge in [-0.1, -0.05) is 127 Å². The minimum absolute atomic E-state index is 0.392. The molecule has 0 saturated carbocycles. The summed E-state index contributed by atoms with van der Waals surface area (Å²) in [6, 6.07) is 47.7. The minimum Gasteiger partial charge on any atom is -0.507 e. The van der Waals surface area contributed by atoms with Crippen LogP contribution in [0.25, 0.3) is 43.8 Å². The van der Waals surface area contributed by atoms with Crippen LogP contribution in [0.4, 0.5) is 0 Å². The van der Waals surface area contributed by atoms with Gasteiger partial charge in [-0.05, 0) is 112 Å². The van der Waals surface area contributed by atoms with Crippen molar-refractivity contribution in [3.63, 3.8) is 0 Å². The summed E-state index contributed by atoms with van der Waals surface area (Å²) >= 11 is 1.91. The lowest BCUT2D eigenvalue weighted by atomic mass is 9.91. The summed E-state index contributed by atoms with van der Waals surface area (Å²) in [4.78, 5) is 1.30. The van der Waals surface area contributed by atoms with E-state index in [0.717, 1.165) is 46.2 Å². The van der Waals surface area contributed by atoms with Crippen molar-refractivity contribution in [2.75, 3.05) is 0 Å². The van der Waals surface area contributed by atoms with Gasteiger partial charge in [0, 0.05) is 16.2 Å². The highest BCUT2D eigenvalue weighted by atomic mass is 32.2. The molecular formula is C44H38OS. The Morgan fingerprint density at radius 1 is 0.478 bits per heavy atom. The maximum absolute atomic E-state index is 11.6. The molecule has 1 nitrogen and oxygen atoms in total. The number of rotatable bonds is 8. The third-order valence-electron chi connectivity index (χ3n) is 9.17. The van der Waals surface area contributed by atoms with Gasteiger partial charge in [0.2, 0.25) is 0 Å². The highest BCUT2D eigenvalue weighted by molar-refractivity contribution is 7.98.